The molecule has 2 aromatic rings. The molecular weight excluding hydrogens is 292 g/mol. The molecule has 1 fully saturated rings. The van der Waals surface area contributed by atoms with Crippen LogP contribution in [0.25, 0.3) is 0 Å². The van der Waals surface area contributed by atoms with Gasteiger partial charge in [0.15, 0.2) is 0 Å². The number of benzene rings is 1. The number of rotatable bonds is 4. The van der Waals surface area contributed by atoms with Gasteiger partial charge in [-0.1, -0.05) is 30.3 Å². The van der Waals surface area contributed by atoms with Crippen LogP contribution in [0.3, 0.4) is 0 Å². The van der Waals surface area contributed by atoms with Crippen molar-refractivity contribution in [2.24, 2.45) is 0 Å². The molecule has 6 heteroatoms. The quantitative estimate of drug-likeness (QED) is 0.863. The average Bonchev–Trinajstić information content (AvgIpc) is 2.62. The zero-order valence-electron chi connectivity index (χ0n) is 13.0. The summed E-state index contributed by atoms with van der Waals surface area (Å²) in [5.74, 6) is 0. The lowest BCUT2D eigenvalue weighted by Gasteiger charge is -2.33. The zero-order valence-corrected chi connectivity index (χ0v) is 13.0. The van der Waals surface area contributed by atoms with Crippen molar-refractivity contribution in [1.82, 2.24) is 19.8 Å². The summed E-state index contributed by atoms with van der Waals surface area (Å²) in [5.41, 5.74) is 2.00. The van der Waals surface area contributed by atoms with Gasteiger partial charge >= 0.3 is 6.09 Å². The summed E-state index contributed by atoms with van der Waals surface area (Å²) < 4.78 is 5.37. The van der Waals surface area contributed by atoms with Crippen LogP contribution in [0, 0.1) is 0 Å². The fourth-order valence-electron chi connectivity index (χ4n) is 2.54. The van der Waals surface area contributed by atoms with Crippen LogP contribution < -0.4 is 0 Å². The molecule has 2 heterocycles. The highest BCUT2D eigenvalue weighted by Crippen LogP contribution is 2.09. The number of amides is 1. The lowest BCUT2D eigenvalue weighted by atomic mass is 10.2. The van der Waals surface area contributed by atoms with Crippen molar-refractivity contribution >= 4 is 6.09 Å². The van der Waals surface area contributed by atoms with E-state index in [1.54, 1.807) is 17.4 Å². The van der Waals surface area contributed by atoms with E-state index >= 15 is 0 Å². The van der Waals surface area contributed by atoms with Crippen LogP contribution in [0.2, 0.25) is 0 Å². The van der Waals surface area contributed by atoms with Crippen LogP contribution in [0.5, 0.6) is 0 Å². The molecule has 0 atom stereocenters. The minimum absolute atomic E-state index is 0.240. The molecule has 0 unspecified atom stereocenters. The Balaban J connectivity index is 1.42. The van der Waals surface area contributed by atoms with Gasteiger partial charge in [-0.05, 0) is 11.6 Å². The fraction of sp³-hybridized carbons (Fsp3) is 0.353. The summed E-state index contributed by atoms with van der Waals surface area (Å²) in [7, 11) is 0. The lowest BCUT2D eigenvalue weighted by molar-refractivity contribution is 0.0698. The molecular formula is C17H20N4O2. The maximum absolute atomic E-state index is 12.1. The van der Waals surface area contributed by atoms with Gasteiger partial charge < -0.3 is 9.64 Å². The van der Waals surface area contributed by atoms with Gasteiger partial charge in [0, 0.05) is 38.9 Å². The molecule has 23 heavy (non-hydrogen) atoms. The molecule has 0 radical (unpaired) electrons. The van der Waals surface area contributed by atoms with Gasteiger partial charge in [-0.25, -0.2) is 14.8 Å². The molecule has 1 aliphatic heterocycles. The Kier molecular flexibility index (Phi) is 5.16. The van der Waals surface area contributed by atoms with E-state index < -0.39 is 0 Å². The molecule has 1 aromatic heterocycles. The van der Waals surface area contributed by atoms with E-state index in [-0.39, 0.29) is 6.09 Å². The van der Waals surface area contributed by atoms with Crippen LogP contribution in [-0.2, 0) is 17.9 Å². The van der Waals surface area contributed by atoms with Gasteiger partial charge in [0.2, 0.25) is 0 Å². The first-order valence-electron chi connectivity index (χ1n) is 7.74. The van der Waals surface area contributed by atoms with Gasteiger partial charge in [-0.15, -0.1) is 0 Å². The van der Waals surface area contributed by atoms with E-state index in [4.69, 9.17) is 4.74 Å². The van der Waals surface area contributed by atoms with E-state index in [2.05, 4.69) is 14.9 Å². The molecule has 0 spiro atoms. The SMILES string of the molecule is O=C(OCc1ccccc1)N1CCN(Cc2ccncn2)CC1. The Morgan fingerprint density at radius 2 is 1.87 bits per heavy atom. The smallest absolute Gasteiger partial charge is 0.410 e. The van der Waals surface area contributed by atoms with Gasteiger partial charge in [0.25, 0.3) is 0 Å². The number of ether oxygens (including phenoxy) is 1. The second-order valence-electron chi connectivity index (χ2n) is 5.50. The van der Waals surface area contributed by atoms with Crippen LogP contribution in [0.4, 0.5) is 4.79 Å². The highest BCUT2D eigenvalue weighted by atomic mass is 16.6. The summed E-state index contributed by atoms with van der Waals surface area (Å²) in [6.45, 7) is 4.11. The monoisotopic (exact) mass is 312 g/mol. The number of carbonyl (C=O) groups is 1. The van der Waals surface area contributed by atoms with Crippen LogP contribution >= 0.6 is 0 Å². The highest BCUT2D eigenvalue weighted by Gasteiger charge is 2.22. The Bertz CT molecular complexity index is 613. The molecule has 3 rings (SSSR count). The third kappa shape index (κ3) is 4.50. The molecule has 0 N–H and O–H groups in total. The lowest BCUT2D eigenvalue weighted by Crippen LogP contribution is -2.48. The second-order valence-corrected chi connectivity index (χ2v) is 5.50. The van der Waals surface area contributed by atoms with Crippen molar-refractivity contribution in [2.45, 2.75) is 13.2 Å². The molecule has 0 aliphatic carbocycles. The molecule has 1 amide bonds. The summed E-state index contributed by atoms with van der Waals surface area (Å²) in [6, 6.07) is 11.6. The molecule has 0 saturated carbocycles. The van der Waals surface area contributed by atoms with Crippen molar-refractivity contribution < 1.29 is 9.53 Å². The minimum atomic E-state index is -0.240. The zero-order chi connectivity index (χ0) is 15.9. The van der Waals surface area contributed by atoms with E-state index in [1.807, 2.05) is 36.4 Å². The molecule has 1 saturated heterocycles. The molecule has 1 aromatic carbocycles. The maximum Gasteiger partial charge on any atom is 0.410 e. The largest absolute Gasteiger partial charge is 0.445 e. The van der Waals surface area contributed by atoms with Gasteiger partial charge in [-0.2, -0.15) is 0 Å². The summed E-state index contributed by atoms with van der Waals surface area (Å²) in [4.78, 5) is 24.3. The third-order valence-electron chi connectivity index (χ3n) is 3.86. The summed E-state index contributed by atoms with van der Waals surface area (Å²) in [5, 5.41) is 0. The van der Waals surface area contributed by atoms with Crippen molar-refractivity contribution in [1.29, 1.82) is 0 Å². The Labute approximate surface area is 135 Å². The number of aromatic nitrogens is 2. The minimum Gasteiger partial charge on any atom is -0.445 e. The Morgan fingerprint density at radius 1 is 1.09 bits per heavy atom. The first kappa shape index (κ1) is 15.4. The molecule has 6 nitrogen and oxygen atoms in total. The maximum atomic E-state index is 12.1. The Hall–Kier alpha value is -2.47. The molecule has 120 valence electrons. The average molecular weight is 312 g/mol. The number of nitrogens with zero attached hydrogens (tertiary/aromatic N) is 4. The summed E-state index contributed by atoms with van der Waals surface area (Å²) >= 11 is 0. The number of carbonyl (C=O) groups excluding carboxylic acids is 1. The van der Waals surface area contributed by atoms with Crippen LogP contribution in [-0.4, -0.2) is 52.0 Å². The molecule has 1 aliphatic rings. The van der Waals surface area contributed by atoms with E-state index in [9.17, 15) is 4.79 Å². The predicted molar refractivity (Wildman–Crippen MR) is 85.5 cm³/mol. The van der Waals surface area contributed by atoms with Crippen LogP contribution in [0.15, 0.2) is 48.9 Å². The van der Waals surface area contributed by atoms with Gasteiger partial charge in [0.1, 0.15) is 12.9 Å². The van der Waals surface area contributed by atoms with Gasteiger partial charge in [0.05, 0.1) is 5.69 Å². The summed E-state index contributed by atoms with van der Waals surface area (Å²) in [6.07, 6.45) is 3.07. The number of hydrogen-bond acceptors (Lipinski definition) is 5. The van der Waals surface area contributed by atoms with E-state index in [0.29, 0.717) is 19.7 Å². The normalized spacial score (nSPS) is 15.4. The first-order valence-corrected chi connectivity index (χ1v) is 7.74. The standard InChI is InChI=1S/C17H20N4O2/c22-17(23-13-15-4-2-1-3-5-15)21-10-8-20(9-11-21)12-16-6-7-18-14-19-16/h1-7,14H,8-13H2. The van der Waals surface area contributed by atoms with Crippen molar-refractivity contribution in [3.63, 3.8) is 0 Å². The van der Waals surface area contributed by atoms with Crippen molar-refractivity contribution in [3.05, 3.63) is 60.2 Å². The van der Waals surface area contributed by atoms with Crippen molar-refractivity contribution in [3.8, 4) is 0 Å². The first-order chi connectivity index (χ1) is 11.3. The third-order valence-corrected chi connectivity index (χ3v) is 3.86. The van der Waals surface area contributed by atoms with Gasteiger partial charge in [-0.3, -0.25) is 4.90 Å². The second kappa shape index (κ2) is 7.69. The predicted octanol–water partition coefficient (Wildman–Crippen LogP) is 1.93. The van der Waals surface area contributed by atoms with E-state index in [0.717, 1.165) is 30.9 Å². The highest BCUT2D eigenvalue weighted by molar-refractivity contribution is 5.67. The number of hydrogen-bond donors (Lipinski definition) is 0. The molecule has 0 bridgehead atoms. The topological polar surface area (TPSA) is 58.6 Å². The van der Waals surface area contributed by atoms with Crippen LogP contribution in [0.1, 0.15) is 11.3 Å². The van der Waals surface area contributed by atoms with Crippen molar-refractivity contribution in [2.75, 3.05) is 26.2 Å². The Morgan fingerprint density at radius 3 is 2.57 bits per heavy atom. The number of piperazine rings is 1. The fourth-order valence-corrected chi connectivity index (χ4v) is 2.54. The van der Waals surface area contributed by atoms with E-state index in [1.165, 1.54) is 0 Å².